The fourth-order valence-electron chi connectivity index (χ4n) is 0.738. The van der Waals surface area contributed by atoms with Gasteiger partial charge in [0.2, 0.25) is 0 Å². The molecule has 0 aliphatic rings. The second-order valence-corrected chi connectivity index (χ2v) is 6.89. The Balaban J connectivity index is 3.71. The van der Waals surface area contributed by atoms with E-state index >= 15 is 0 Å². The van der Waals surface area contributed by atoms with Crippen LogP contribution in [-0.4, -0.2) is 20.8 Å². The van der Waals surface area contributed by atoms with Crippen LogP contribution >= 0.6 is 21.6 Å². The quantitative estimate of drug-likeness (QED) is 0.630. The van der Waals surface area contributed by atoms with Crippen LogP contribution in [0.2, 0.25) is 0 Å². The predicted octanol–water partition coefficient (Wildman–Crippen LogP) is 2.89. The Bertz CT molecular complexity index is 116. The smallest absolute Gasteiger partial charge is 0.0902 e. The summed E-state index contributed by atoms with van der Waals surface area (Å²) in [6.07, 6.45) is 4.08. The molecule has 0 saturated carbocycles. The summed E-state index contributed by atoms with van der Waals surface area (Å²) >= 11 is 0. The van der Waals surface area contributed by atoms with E-state index in [1.165, 1.54) is 0 Å². The van der Waals surface area contributed by atoms with Crippen molar-refractivity contribution in [1.82, 2.24) is 0 Å². The van der Waals surface area contributed by atoms with Crippen molar-refractivity contribution in [2.24, 2.45) is 0 Å². The van der Waals surface area contributed by atoms with E-state index in [2.05, 4.69) is 13.8 Å². The van der Waals surface area contributed by atoms with E-state index in [0.29, 0.717) is 4.58 Å². The zero-order valence-corrected chi connectivity index (χ0v) is 9.78. The first-order valence-corrected chi connectivity index (χ1v) is 7.83. The van der Waals surface area contributed by atoms with Gasteiger partial charge in [0.15, 0.2) is 0 Å². The Hall–Kier alpha value is 0.850. The molecule has 0 aromatic rings. The molecule has 0 rings (SSSR count). The molecular formula is C7H16OS3. The second-order valence-electron chi connectivity index (χ2n) is 2.19. The third-order valence-electron chi connectivity index (χ3n) is 1.24. The van der Waals surface area contributed by atoms with Crippen LogP contribution in [0.15, 0.2) is 0 Å². The highest BCUT2D eigenvalue weighted by Crippen LogP contribution is 2.28. The molecule has 68 valence electrons. The van der Waals surface area contributed by atoms with E-state index < -0.39 is 10.8 Å². The van der Waals surface area contributed by atoms with Crippen LogP contribution in [-0.2, 0) is 10.8 Å². The van der Waals surface area contributed by atoms with Gasteiger partial charge in [-0.3, -0.25) is 4.21 Å². The third kappa shape index (κ3) is 5.15. The molecule has 0 aliphatic heterocycles. The van der Waals surface area contributed by atoms with Gasteiger partial charge in [0.05, 0.1) is 4.58 Å². The molecule has 0 amide bonds. The fourth-order valence-corrected chi connectivity index (χ4v) is 5.31. The zero-order chi connectivity index (χ0) is 8.69. The highest BCUT2D eigenvalue weighted by molar-refractivity contribution is 8.77. The molecular weight excluding hydrogens is 196 g/mol. The average Bonchev–Trinajstić information content (AvgIpc) is 2.00. The van der Waals surface area contributed by atoms with Crippen molar-refractivity contribution in [3.63, 3.8) is 0 Å². The van der Waals surface area contributed by atoms with Crippen molar-refractivity contribution in [3.05, 3.63) is 0 Å². The van der Waals surface area contributed by atoms with E-state index in [1.54, 1.807) is 21.6 Å². The minimum Gasteiger partial charge on any atom is -0.258 e. The van der Waals surface area contributed by atoms with Crippen molar-refractivity contribution in [1.29, 1.82) is 0 Å². The lowest BCUT2D eigenvalue weighted by atomic mass is 10.6. The maximum atomic E-state index is 11.4. The van der Waals surface area contributed by atoms with Gasteiger partial charge < -0.3 is 0 Å². The molecule has 1 nitrogen and oxygen atoms in total. The van der Waals surface area contributed by atoms with Crippen LogP contribution in [0.1, 0.15) is 26.7 Å². The highest BCUT2D eigenvalue weighted by Gasteiger charge is 2.13. The standard InChI is InChI=1S/C7H16OS3/c1-4-6-11(8)7(5-2)10-9-3/h7H,4-6H2,1-3H3. The van der Waals surface area contributed by atoms with Gasteiger partial charge in [-0.1, -0.05) is 35.4 Å². The molecule has 0 aromatic carbocycles. The molecule has 0 aliphatic carbocycles. The Labute approximate surface area is 79.9 Å². The van der Waals surface area contributed by atoms with Gasteiger partial charge >= 0.3 is 0 Å². The van der Waals surface area contributed by atoms with E-state index in [-0.39, 0.29) is 0 Å². The zero-order valence-electron chi connectivity index (χ0n) is 7.33. The normalized spacial score (nSPS) is 16.3. The second kappa shape index (κ2) is 7.50. The van der Waals surface area contributed by atoms with Crippen molar-refractivity contribution < 1.29 is 4.21 Å². The lowest BCUT2D eigenvalue weighted by Gasteiger charge is -2.10. The van der Waals surface area contributed by atoms with Crippen LogP contribution < -0.4 is 0 Å². The Kier molecular flexibility index (Phi) is 8.08. The number of hydrogen-bond acceptors (Lipinski definition) is 3. The summed E-state index contributed by atoms with van der Waals surface area (Å²) in [7, 11) is 2.84. The molecule has 0 bridgehead atoms. The fraction of sp³-hybridized carbons (Fsp3) is 1.00. The third-order valence-corrected chi connectivity index (χ3v) is 6.28. The molecule has 0 fully saturated rings. The summed E-state index contributed by atoms with van der Waals surface area (Å²) in [5.41, 5.74) is 0. The van der Waals surface area contributed by atoms with Crippen LogP contribution in [0.25, 0.3) is 0 Å². The Morgan fingerprint density at radius 3 is 2.45 bits per heavy atom. The van der Waals surface area contributed by atoms with Crippen LogP contribution in [0, 0.1) is 0 Å². The van der Waals surface area contributed by atoms with Gasteiger partial charge in [0.25, 0.3) is 0 Å². The van der Waals surface area contributed by atoms with Crippen molar-refractivity contribution in [2.45, 2.75) is 31.3 Å². The molecule has 0 radical (unpaired) electrons. The van der Waals surface area contributed by atoms with E-state index in [9.17, 15) is 4.21 Å². The first-order valence-electron chi connectivity index (χ1n) is 3.82. The van der Waals surface area contributed by atoms with Crippen molar-refractivity contribution in [2.75, 3.05) is 12.0 Å². The highest BCUT2D eigenvalue weighted by atomic mass is 33.1. The van der Waals surface area contributed by atoms with E-state index in [0.717, 1.165) is 18.6 Å². The Morgan fingerprint density at radius 1 is 1.45 bits per heavy atom. The number of hydrogen-bond donors (Lipinski definition) is 0. The first-order chi connectivity index (χ1) is 5.26. The molecule has 0 N–H and O–H groups in total. The molecule has 0 spiro atoms. The summed E-state index contributed by atoms with van der Waals surface area (Å²) in [5.74, 6) is 0.853. The molecule has 2 unspecified atom stereocenters. The van der Waals surface area contributed by atoms with Crippen LogP contribution in [0.3, 0.4) is 0 Å². The summed E-state index contributed by atoms with van der Waals surface area (Å²) in [5, 5.41) is 0. The molecule has 11 heavy (non-hydrogen) atoms. The van der Waals surface area contributed by atoms with Gasteiger partial charge in [-0.15, -0.1) is 0 Å². The van der Waals surface area contributed by atoms with Crippen molar-refractivity contribution in [3.8, 4) is 0 Å². The number of rotatable bonds is 6. The largest absolute Gasteiger partial charge is 0.258 e. The maximum Gasteiger partial charge on any atom is 0.0902 e. The molecule has 0 saturated heterocycles. The first kappa shape index (κ1) is 11.8. The maximum absolute atomic E-state index is 11.4. The van der Waals surface area contributed by atoms with Gasteiger partial charge in [-0.2, -0.15) is 0 Å². The summed E-state index contributed by atoms with van der Waals surface area (Å²) in [6, 6.07) is 0. The summed E-state index contributed by atoms with van der Waals surface area (Å²) < 4.78 is 11.8. The lowest BCUT2D eigenvalue weighted by Crippen LogP contribution is -2.11. The van der Waals surface area contributed by atoms with Crippen LogP contribution in [0.4, 0.5) is 0 Å². The monoisotopic (exact) mass is 212 g/mol. The molecule has 0 heterocycles. The topological polar surface area (TPSA) is 17.1 Å². The molecule has 4 heteroatoms. The summed E-state index contributed by atoms with van der Waals surface area (Å²) in [6.45, 7) is 4.18. The minimum absolute atomic E-state index is 0.338. The van der Waals surface area contributed by atoms with E-state index in [1.807, 2.05) is 6.26 Å². The van der Waals surface area contributed by atoms with Crippen LogP contribution in [0.5, 0.6) is 0 Å². The summed E-state index contributed by atoms with van der Waals surface area (Å²) in [4.78, 5) is 0. The van der Waals surface area contributed by atoms with Crippen molar-refractivity contribution >= 4 is 32.4 Å². The predicted molar refractivity (Wildman–Crippen MR) is 58.5 cm³/mol. The lowest BCUT2D eigenvalue weighted by molar-refractivity contribution is 0.678. The SMILES string of the molecule is CCCS(=O)C(CC)SSC. The van der Waals surface area contributed by atoms with Gasteiger partial charge in [0.1, 0.15) is 0 Å². The van der Waals surface area contributed by atoms with Gasteiger partial charge in [0, 0.05) is 16.6 Å². The van der Waals surface area contributed by atoms with E-state index in [4.69, 9.17) is 0 Å². The molecule has 2 atom stereocenters. The van der Waals surface area contributed by atoms with Gasteiger partial charge in [-0.25, -0.2) is 0 Å². The minimum atomic E-state index is -0.616. The average molecular weight is 212 g/mol. The Morgan fingerprint density at radius 2 is 2.09 bits per heavy atom. The molecule has 0 aromatic heterocycles. The van der Waals surface area contributed by atoms with Gasteiger partial charge in [-0.05, 0) is 19.1 Å².